The highest BCUT2D eigenvalue weighted by atomic mass is 35.5. The van der Waals surface area contributed by atoms with Crippen molar-refractivity contribution in [2.24, 2.45) is 0 Å². The van der Waals surface area contributed by atoms with Crippen LogP contribution in [0.1, 0.15) is 31.0 Å². The summed E-state index contributed by atoms with van der Waals surface area (Å²) in [6.07, 6.45) is 1.65. The number of halogens is 1. The minimum Gasteiger partial charge on any atom is -0.507 e. The van der Waals surface area contributed by atoms with Gasteiger partial charge in [-0.1, -0.05) is 50.2 Å². The third kappa shape index (κ3) is 5.46. The van der Waals surface area contributed by atoms with Gasteiger partial charge in [0.15, 0.2) is 0 Å². The molecule has 1 atom stereocenters. The molecule has 0 spiro atoms. The lowest BCUT2D eigenvalue weighted by Gasteiger charge is -2.28. The zero-order valence-corrected chi connectivity index (χ0v) is 19.7. The van der Waals surface area contributed by atoms with Crippen molar-refractivity contribution in [1.82, 2.24) is 9.80 Å². The summed E-state index contributed by atoms with van der Waals surface area (Å²) < 4.78 is 5.56. The molecule has 6 nitrogen and oxygen atoms in total. The lowest BCUT2D eigenvalue weighted by atomic mass is 9.95. The molecule has 2 aromatic rings. The van der Waals surface area contributed by atoms with E-state index in [1.807, 2.05) is 12.1 Å². The molecule has 33 heavy (non-hydrogen) atoms. The van der Waals surface area contributed by atoms with E-state index < -0.39 is 17.7 Å². The number of hydrogen-bond acceptors (Lipinski definition) is 5. The summed E-state index contributed by atoms with van der Waals surface area (Å²) in [5, 5.41) is 11.6. The second-order valence-corrected chi connectivity index (χ2v) is 8.13. The van der Waals surface area contributed by atoms with Crippen molar-refractivity contribution in [3.63, 3.8) is 0 Å². The van der Waals surface area contributed by atoms with E-state index in [0.717, 1.165) is 18.7 Å². The highest BCUT2D eigenvalue weighted by Gasteiger charge is 2.45. The van der Waals surface area contributed by atoms with Crippen molar-refractivity contribution in [2.45, 2.75) is 19.9 Å². The van der Waals surface area contributed by atoms with Crippen LogP contribution in [0, 0.1) is 0 Å². The number of rotatable bonds is 10. The van der Waals surface area contributed by atoms with Gasteiger partial charge in [0.25, 0.3) is 11.7 Å². The van der Waals surface area contributed by atoms with Crippen LogP contribution in [0.15, 0.2) is 66.8 Å². The maximum atomic E-state index is 13.1. The Kier molecular flexibility index (Phi) is 8.31. The number of amides is 1. The predicted molar refractivity (Wildman–Crippen MR) is 130 cm³/mol. The van der Waals surface area contributed by atoms with Crippen LogP contribution >= 0.6 is 11.6 Å². The third-order valence-electron chi connectivity index (χ3n) is 5.77. The molecule has 1 aliphatic heterocycles. The summed E-state index contributed by atoms with van der Waals surface area (Å²) in [7, 11) is 0. The van der Waals surface area contributed by atoms with Gasteiger partial charge in [0, 0.05) is 23.7 Å². The molecule has 1 fully saturated rings. The SMILES string of the molecule is C=CCOc1ccc([C@@H]2/C(=C(\O)c3ccc(Cl)cc3)C(=O)C(=O)N2CCN(CC)CC)cc1. The van der Waals surface area contributed by atoms with Crippen LogP contribution in [-0.2, 0) is 9.59 Å². The van der Waals surface area contributed by atoms with Gasteiger partial charge in [-0.15, -0.1) is 0 Å². The second-order valence-electron chi connectivity index (χ2n) is 7.69. The Morgan fingerprint density at radius 1 is 1.12 bits per heavy atom. The minimum absolute atomic E-state index is 0.0710. The standard InChI is InChI=1S/C26H29ClN2O4/c1-4-17-33-21-13-9-18(10-14-21)23-22(24(30)19-7-11-20(27)12-8-19)25(31)26(32)29(23)16-15-28(5-2)6-3/h4,7-14,23,30H,1,5-6,15-17H2,2-3H3/b24-22+/t23-/m1/s1. The van der Waals surface area contributed by atoms with E-state index in [4.69, 9.17) is 16.3 Å². The summed E-state index contributed by atoms with van der Waals surface area (Å²) in [6, 6.07) is 13.0. The summed E-state index contributed by atoms with van der Waals surface area (Å²) in [5.41, 5.74) is 1.22. The number of aliphatic hydroxyl groups is 1. The monoisotopic (exact) mass is 468 g/mol. The fraction of sp³-hybridized carbons (Fsp3) is 0.308. The zero-order chi connectivity index (χ0) is 24.0. The van der Waals surface area contributed by atoms with E-state index in [1.54, 1.807) is 47.4 Å². The Bertz CT molecular complexity index is 1030. The molecule has 0 radical (unpaired) electrons. The molecule has 0 saturated carbocycles. The van der Waals surface area contributed by atoms with Crippen molar-refractivity contribution < 1.29 is 19.4 Å². The summed E-state index contributed by atoms with van der Waals surface area (Å²) in [6.45, 7) is 10.8. The van der Waals surface area contributed by atoms with Gasteiger partial charge in [-0.3, -0.25) is 9.59 Å². The first kappa shape index (κ1) is 24.6. The molecule has 0 aromatic heterocycles. The molecule has 1 amide bonds. The number of hydrogen-bond donors (Lipinski definition) is 1. The van der Waals surface area contributed by atoms with Crippen LogP contribution in [0.25, 0.3) is 5.76 Å². The number of ether oxygens (including phenoxy) is 1. The first-order chi connectivity index (χ1) is 15.9. The number of benzene rings is 2. The summed E-state index contributed by atoms with van der Waals surface area (Å²) in [4.78, 5) is 29.9. The molecule has 0 aliphatic carbocycles. The average Bonchev–Trinajstić information content (AvgIpc) is 3.08. The number of likely N-dealkylation sites (tertiary alicyclic amines) is 1. The second kappa shape index (κ2) is 11.2. The smallest absolute Gasteiger partial charge is 0.295 e. The predicted octanol–water partition coefficient (Wildman–Crippen LogP) is 4.67. The van der Waals surface area contributed by atoms with Crippen LogP contribution in [-0.4, -0.2) is 59.4 Å². The Hall–Kier alpha value is -3.09. The normalized spacial score (nSPS) is 17.6. The van der Waals surface area contributed by atoms with Gasteiger partial charge < -0.3 is 19.6 Å². The molecule has 3 rings (SSSR count). The summed E-state index contributed by atoms with van der Waals surface area (Å²) >= 11 is 5.98. The van der Waals surface area contributed by atoms with E-state index in [9.17, 15) is 14.7 Å². The minimum atomic E-state index is -0.704. The van der Waals surface area contributed by atoms with Gasteiger partial charge in [0.2, 0.25) is 0 Å². The van der Waals surface area contributed by atoms with Crippen molar-refractivity contribution in [3.8, 4) is 5.75 Å². The van der Waals surface area contributed by atoms with Crippen LogP contribution in [0.2, 0.25) is 5.02 Å². The van der Waals surface area contributed by atoms with E-state index in [2.05, 4.69) is 25.3 Å². The van der Waals surface area contributed by atoms with E-state index in [-0.39, 0.29) is 11.3 Å². The number of carbonyl (C=O) groups is 2. The molecule has 7 heteroatoms. The number of carbonyl (C=O) groups excluding carboxylic acids is 2. The fourth-order valence-corrected chi connectivity index (χ4v) is 4.04. The van der Waals surface area contributed by atoms with Crippen LogP contribution in [0.3, 0.4) is 0 Å². The lowest BCUT2D eigenvalue weighted by molar-refractivity contribution is -0.140. The topological polar surface area (TPSA) is 70.1 Å². The fourth-order valence-electron chi connectivity index (χ4n) is 3.91. The van der Waals surface area contributed by atoms with Crippen molar-refractivity contribution in [1.29, 1.82) is 0 Å². The average molecular weight is 469 g/mol. The van der Waals surface area contributed by atoms with Gasteiger partial charge in [0.05, 0.1) is 11.6 Å². The molecule has 0 bridgehead atoms. The first-order valence-electron chi connectivity index (χ1n) is 11.0. The Morgan fingerprint density at radius 2 is 1.76 bits per heavy atom. The third-order valence-corrected chi connectivity index (χ3v) is 6.02. The highest BCUT2D eigenvalue weighted by Crippen LogP contribution is 2.39. The van der Waals surface area contributed by atoms with Gasteiger partial charge >= 0.3 is 0 Å². The molecular weight excluding hydrogens is 440 g/mol. The Labute approximate surface area is 199 Å². The van der Waals surface area contributed by atoms with E-state index in [1.165, 1.54) is 0 Å². The van der Waals surface area contributed by atoms with Gasteiger partial charge in [-0.05, 0) is 55.1 Å². The number of ketones is 1. The van der Waals surface area contributed by atoms with E-state index >= 15 is 0 Å². The lowest BCUT2D eigenvalue weighted by Crippen LogP contribution is -2.38. The maximum absolute atomic E-state index is 13.1. The van der Waals surface area contributed by atoms with Crippen molar-refractivity contribution in [2.75, 3.05) is 32.8 Å². The molecule has 1 aliphatic rings. The molecular formula is C26H29ClN2O4. The van der Waals surface area contributed by atoms with Gasteiger partial charge in [-0.25, -0.2) is 0 Å². The van der Waals surface area contributed by atoms with Gasteiger partial charge in [0.1, 0.15) is 18.1 Å². The number of aliphatic hydroxyl groups excluding tert-OH is 1. The van der Waals surface area contributed by atoms with Crippen LogP contribution < -0.4 is 4.74 Å². The Morgan fingerprint density at radius 3 is 2.33 bits per heavy atom. The zero-order valence-electron chi connectivity index (χ0n) is 19.0. The Balaban J connectivity index is 2.05. The maximum Gasteiger partial charge on any atom is 0.295 e. The van der Waals surface area contributed by atoms with Crippen molar-refractivity contribution in [3.05, 3.63) is 82.9 Å². The molecule has 1 N–H and O–H groups in total. The first-order valence-corrected chi connectivity index (χ1v) is 11.4. The summed E-state index contributed by atoms with van der Waals surface area (Å²) in [5.74, 6) is -0.877. The molecule has 0 unspecified atom stereocenters. The van der Waals surface area contributed by atoms with Gasteiger partial charge in [-0.2, -0.15) is 0 Å². The van der Waals surface area contributed by atoms with Crippen LogP contribution in [0.5, 0.6) is 5.75 Å². The molecule has 2 aromatic carbocycles. The number of likely N-dealkylation sites (N-methyl/N-ethyl adjacent to an activating group) is 1. The number of Topliss-reactive ketones (excluding diaryl/α,β-unsaturated/α-hetero) is 1. The molecule has 1 saturated heterocycles. The molecule has 174 valence electrons. The molecule has 1 heterocycles. The quantitative estimate of drug-likeness (QED) is 0.237. The largest absolute Gasteiger partial charge is 0.507 e. The van der Waals surface area contributed by atoms with Crippen LogP contribution in [0.4, 0.5) is 0 Å². The number of nitrogens with zero attached hydrogens (tertiary/aromatic N) is 2. The highest BCUT2D eigenvalue weighted by molar-refractivity contribution is 6.46. The van der Waals surface area contributed by atoms with Crippen molar-refractivity contribution >= 4 is 29.1 Å². The van der Waals surface area contributed by atoms with E-state index in [0.29, 0.717) is 36.0 Å².